The maximum Gasteiger partial charge on any atom is 0.573 e. The zero-order chi connectivity index (χ0) is 15.1. The van der Waals surface area contributed by atoms with Crippen LogP contribution in [0.1, 0.15) is 32.1 Å². The number of ketones is 1. The van der Waals surface area contributed by atoms with Crippen molar-refractivity contribution < 1.29 is 27.4 Å². The molecule has 21 heavy (non-hydrogen) atoms. The van der Waals surface area contributed by atoms with Gasteiger partial charge in [0.15, 0.2) is 11.5 Å². The van der Waals surface area contributed by atoms with Crippen LogP contribution < -0.4 is 9.47 Å². The molecule has 0 heterocycles. The molecule has 0 amide bonds. The molecule has 2 aliphatic rings. The minimum atomic E-state index is -4.76. The van der Waals surface area contributed by atoms with Gasteiger partial charge in [0.1, 0.15) is 11.9 Å². The van der Waals surface area contributed by atoms with Gasteiger partial charge in [-0.15, -0.1) is 13.2 Å². The highest BCUT2D eigenvalue weighted by Crippen LogP contribution is 2.52. The summed E-state index contributed by atoms with van der Waals surface area (Å²) in [5.74, 6) is -0.157. The lowest BCUT2D eigenvalue weighted by Gasteiger charge is -2.44. The Kier molecular flexibility index (Phi) is 3.34. The van der Waals surface area contributed by atoms with E-state index in [1.54, 1.807) is 6.07 Å². The minimum Gasteiger partial charge on any atom is -0.485 e. The summed E-state index contributed by atoms with van der Waals surface area (Å²) in [5.41, 5.74) is -0.481. The van der Waals surface area contributed by atoms with Crippen LogP contribution in [0.5, 0.6) is 11.5 Å². The highest BCUT2D eigenvalue weighted by Gasteiger charge is 2.57. The Hall–Kier alpha value is -1.72. The quantitative estimate of drug-likeness (QED) is 0.850. The number of carbonyl (C=O) groups is 1. The Bertz CT molecular complexity index is 547. The van der Waals surface area contributed by atoms with Crippen LogP contribution >= 0.6 is 0 Å². The Morgan fingerprint density at radius 3 is 2.29 bits per heavy atom. The maximum absolute atomic E-state index is 12.4. The molecule has 0 saturated heterocycles. The molecule has 1 aromatic carbocycles. The third kappa shape index (κ3) is 2.59. The molecule has 6 heteroatoms. The van der Waals surface area contributed by atoms with E-state index in [-0.39, 0.29) is 29.8 Å². The summed E-state index contributed by atoms with van der Waals surface area (Å²) in [7, 11) is 0. The van der Waals surface area contributed by atoms with Gasteiger partial charge < -0.3 is 9.47 Å². The second kappa shape index (κ2) is 4.93. The molecule has 2 aliphatic carbocycles. The van der Waals surface area contributed by atoms with E-state index in [9.17, 15) is 18.0 Å². The van der Waals surface area contributed by atoms with Gasteiger partial charge in [-0.25, -0.2) is 0 Å². The maximum atomic E-state index is 12.4. The predicted octanol–water partition coefficient (Wildman–Crippen LogP) is 3.87. The van der Waals surface area contributed by atoms with Crippen molar-refractivity contribution in [3.63, 3.8) is 0 Å². The van der Waals surface area contributed by atoms with E-state index in [1.165, 1.54) is 18.2 Å². The number of ether oxygens (including phenoxy) is 2. The lowest BCUT2D eigenvalue weighted by atomic mass is 9.63. The molecule has 0 aromatic heterocycles. The third-order valence-corrected chi connectivity index (χ3v) is 4.38. The summed E-state index contributed by atoms with van der Waals surface area (Å²) in [5, 5.41) is 0. The van der Waals surface area contributed by atoms with Crippen LogP contribution in [0.25, 0.3) is 0 Å². The molecule has 0 aliphatic heterocycles. The van der Waals surface area contributed by atoms with Crippen LogP contribution in [0, 0.1) is 5.41 Å². The van der Waals surface area contributed by atoms with Gasteiger partial charge in [-0.2, -0.15) is 0 Å². The normalized spacial score (nSPS) is 24.0. The number of para-hydroxylation sites is 2. The summed E-state index contributed by atoms with van der Waals surface area (Å²) < 4.78 is 46.8. The molecule has 3 nitrogen and oxygen atoms in total. The fraction of sp³-hybridized carbons (Fsp3) is 0.533. The number of Topliss-reactive ketones (excluding diaryl/α,β-unsaturated/α-hetero) is 1. The Morgan fingerprint density at radius 2 is 1.71 bits per heavy atom. The minimum absolute atomic E-state index is 0.0404. The van der Waals surface area contributed by atoms with Crippen molar-refractivity contribution in [3.05, 3.63) is 24.3 Å². The molecule has 0 radical (unpaired) electrons. The zero-order valence-electron chi connectivity index (χ0n) is 11.3. The zero-order valence-corrected chi connectivity index (χ0v) is 11.3. The first-order chi connectivity index (χ1) is 9.91. The summed E-state index contributed by atoms with van der Waals surface area (Å²) in [6, 6.07) is 5.68. The smallest absolute Gasteiger partial charge is 0.485 e. The third-order valence-electron chi connectivity index (χ3n) is 4.38. The van der Waals surface area contributed by atoms with Crippen molar-refractivity contribution >= 4 is 5.78 Å². The number of rotatable bonds is 3. The van der Waals surface area contributed by atoms with Crippen LogP contribution in [0.4, 0.5) is 13.2 Å². The lowest BCUT2D eigenvalue weighted by Crippen LogP contribution is -2.55. The molecule has 1 aromatic rings. The fourth-order valence-electron chi connectivity index (χ4n) is 3.29. The largest absolute Gasteiger partial charge is 0.573 e. The van der Waals surface area contributed by atoms with E-state index in [0.717, 1.165) is 25.7 Å². The van der Waals surface area contributed by atoms with Crippen LogP contribution in [-0.2, 0) is 4.79 Å². The molecule has 0 N–H and O–H groups in total. The van der Waals surface area contributed by atoms with Crippen LogP contribution in [0.2, 0.25) is 0 Å². The topological polar surface area (TPSA) is 35.5 Å². The van der Waals surface area contributed by atoms with Crippen LogP contribution in [-0.4, -0.2) is 18.2 Å². The molecule has 3 rings (SSSR count). The SMILES string of the molecule is O=C1CC(Oc2ccccc2OC(F)(F)F)C12CCCC2. The highest BCUT2D eigenvalue weighted by atomic mass is 19.4. The number of hydrogen-bond acceptors (Lipinski definition) is 3. The Balaban J connectivity index is 1.78. The van der Waals surface area contributed by atoms with Crippen molar-refractivity contribution in [2.24, 2.45) is 5.41 Å². The highest BCUT2D eigenvalue weighted by molar-refractivity contribution is 5.92. The number of carbonyl (C=O) groups excluding carboxylic acids is 1. The first kappa shape index (κ1) is 14.2. The van der Waals surface area contributed by atoms with Crippen molar-refractivity contribution in [1.29, 1.82) is 0 Å². The summed E-state index contributed by atoms with van der Waals surface area (Å²) in [4.78, 5) is 11.9. The Labute approximate surface area is 120 Å². The van der Waals surface area contributed by atoms with Gasteiger partial charge in [0.25, 0.3) is 0 Å². The van der Waals surface area contributed by atoms with Gasteiger partial charge in [0.05, 0.1) is 5.41 Å². The molecular weight excluding hydrogens is 285 g/mol. The molecule has 2 saturated carbocycles. The van der Waals surface area contributed by atoms with E-state index in [0.29, 0.717) is 0 Å². The van der Waals surface area contributed by atoms with Crippen molar-refractivity contribution in [3.8, 4) is 11.5 Å². The Morgan fingerprint density at radius 1 is 1.10 bits per heavy atom. The standard InChI is InChI=1S/C15H15F3O3/c16-15(17,18)21-11-6-2-1-5-10(11)20-13-9-12(19)14(13)7-3-4-8-14/h1-2,5-6,13H,3-4,7-9H2. The molecule has 1 spiro atoms. The summed E-state index contributed by atoms with van der Waals surface area (Å²) >= 11 is 0. The van der Waals surface area contributed by atoms with Crippen LogP contribution in [0.3, 0.4) is 0 Å². The molecule has 2 fully saturated rings. The van der Waals surface area contributed by atoms with Gasteiger partial charge in [-0.05, 0) is 25.0 Å². The second-order valence-electron chi connectivity index (χ2n) is 5.59. The van der Waals surface area contributed by atoms with Gasteiger partial charge in [-0.3, -0.25) is 4.79 Å². The summed E-state index contributed by atoms with van der Waals surface area (Å²) in [6.45, 7) is 0. The summed E-state index contributed by atoms with van der Waals surface area (Å²) in [6.07, 6.45) is -1.39. The first-order valence-corrected chi connectivity index (χ1v) is 6.95. The average molecular weight is 300 g/mol. The van der Waals surface area contributed by atoms with E-state index in [4.69, 9.17) is 4.74 Å². The van der Waals surface area contributed by atoms with Crippen molar-refractivity contribution in [2.75, 3.05) is 0 Å². The van der Waals surface area contributed by atoms with Crippen LogP contribution in [0.15, 0.2) is 24.3 Å². The van der Waals surface area contributed by atoms with Gasteiger partial charge in [0, 0.05) is 6.42 Å². The van der Waals surface area contributed by atoms with Gasteiger partial charge >= 0.3 is 6.36 Å². The van der Waals surface area contributed by atoms with E-state index < -0.39 is 11.8 Å². The fourth-order valence-corrected chi connectivity index (χ4v) is 3.29. The molecule has 1 unspecified atom stereocenters. The number of alkyl halides is 3. The van der Waals surface area contributed by atoms with E-state index in [1.807, 2.05) is 0 Å². The van der Waals surface area contributed by atoms with Crippen molar-refractivity contribution in [1.82, 2.24) is 0 Å². The monoisotopic (exact) mass is 300 g/mol. The number of benzene rings is 1. The predicted molar refractivity (Wildman–Crippen MR) is 68.1 cm³/mol. The van der Waals surface area contributed by atoms with E-state index in [2.05, 4.69) is 4.74 Å². The van der Waals surface area contributed by atoms with Gasteiger partial charge in [0.2, 0.25) is 0 Å². The van der Waals surface area contributed by atoms with E-state index >= 15 is 0 Å². The molecular formula is C15H15F3O3. The number of hydrogen-bond donors (Lipinski definition) is 0. The lowest BCUT2D eigenvalue weighted by molar-refractivity contribution is -0.275. The molecule has 114 valence electrons. The first-order valence-electron chi connectivity index (χ1n) is 6.95. The average Bonchev–Trinajstić information content (AvgIpc) is 2.91. The molecule has 1 atom stereocenters. The van der Waals surface area contributed by atoms with Gasteiger partial charge in [-0.1, -0.05) is 25.0 Å². The molecule has 0 bridgehead atoms. The van der Waals surface area contributed by atoms with Crippen molar-refractivity contribution in [2.45, 2.75) is 44.6 Å². The number of halogens is 3. The second-order valence-corrected chi connectivity index (χ2v) is 5.59.